The lowest BCUT2D eigenvalue weighted by Crippen LogP contribution is -2.19. The normalized spacial score (nSPS) is 9.63. The number of ether oxygens (including phenoxy) is 2. The second kappa shape index (κ2) is 7.59. The molecule has 4 nitrogen and oxygen atoms in total. The Hall–Kier alpha value is -1.81. The number of esters is 2. The van der Waals surface area contributed by atoms with E-state index in [1.807, 2.05) is 6.07 Å². The van der Waals surface area contributed by atoms with Crippen molar-refractivity contribution in [1.29, 1.82) is 0 Å². The smallest absolute Gasteiger partial charge is 0.347 e. The Balaban J connectivity index is 3.21. The van der Waals surface area contributed by atoms with Crippen LogP contribution < -0.4 is 0 Å². The third-order valence-corrected chi connectivity index (χ3v) is 2.61. The number of carbonyl (C=O) groups excluding carboxylic acids is 2. The van der Waals surface area contributed by atoms with Gasteiger partial charge in [0.2, 0.25) is 0 Å². The lowest BCUT2D eigenvalue weighted by molar-refractivity contribution is -0.146. The van der Waals surface area contributed by atoms with Crippen LogP contribution >= 0.6 is 11.6 Å². The molecule has 0 unspecified atom stereocenters. The molecular formula is C14H15ClO4. The van der Waals surface area contributed by atoms with Crippen molar-refractivity contribution in [2.24, 2.45) is 0 Å². The third-order valence-electron chi connectivity index (χ3n) is 2.21. The summed E-state index contributed by atoms with van der Waals surface area (Å²) in [4.78, 5) is 23.6. The highest BCUT2D eigenvalue weighted by Gasteiger charge is 2.25. The maximum absolute atomic E-state index is 11.8. The molecule has 0 heterocycles. The molecule has 0 saturated carbocycles. The van der Waals surface area contributed by atoms with Crippen LogP contribution in [0.2, 0.25) is 0 Å². The van der Waals surface area contributed by atoms with E-state index in [9.17, 15) is 9.59 Å². The molecule has 1 rings (SSSR count). The van der Waals surface area contributed by atoms with E-state index >= 15 is 0 Å². The Bertz CT molecular complexity index is 459. The van der Waals surface area contributed by atoms with Crippen LogP contribution in [0.15, 0.2) is 35.9 Å². The SMILES string of the molecule is CCOC(=O)C(C(=O)OCC)=C(Cl)c1ccccc1. The molecule has 0 amide bonds. The lowest BCUT2D eigenvalue weighted by Gasteiger charge is -2.09. The lowest BCUT2D eigenvalue weighted by atomic mass is 10.1. The summed E-state index contributed by atoms with van der Waals surface area (Å²) in [5.74, 6) is -1.57. The van der Waals surface area contributed by atoms with E-state index in [0.29, 0.717) is 5.56 Å². The minimum atomic E-state index is -0.783. The van der Waals surface area contributed by atoms with Crippen molar-refractivity contribution in [1.82, 2.24) is 0 Å². The van der Waals surface area contributed by atoms with Crippen molar-refractivity contribution in [2.75, 3.05) is 13.2 Å². The Morgan fingerprint density at radius 1 is 1.00 bits per heavy atom. The van der Waals surface area contributed by atoms with Crippen LogP contribution in [0, 0.1) is 0 Å². The highest BCUT2D eigenvalue weighted by molar-refractivity contribution is 6.53. The molecule has 102 valence electrons. The Morgan fingerprint density at radius 2 is 1.47 bits per heavy atom. The summed E-state index contributed by atoms with van der Waals surface area (Å²) in [6, 6.07) is 8.71. The first-order valence-electron chi connectivity index (χ1n) is 5.91. The minimum Gasteiger partial charge on any atom is -0.462 e. The van der Waals surface area contributed by atoms with Crippen LogP contribution in [0.1, 0.15) is 19.4 Å². The predicted molar refractivity (Wildman–Crippen MR) is 72.5 cm³/mol. The second-order valence-electron chi connectivity index (χ2n) is 3.50. The molecule has 0 spiro atoms. The van der Waals surface area contributed by atoms with Gasteiger partial charge in [0.25, 0.3) is 0 Å². The van der Waals surface area contributed by atoms with E-state index in [1.165, 1.54) is 0 Å². The van der Waals surface area contributed by atoms with E-state index in [4.69, 9.17) is 21.1 Å². The van der Waals surface area contributed by atoms with Gasteiger partial charge >= 0.3 is 11.9 Å². The largest absolute Gasteiger partial charge is 0.462 e. The first kappa shape index (κ1) is 15.2. The number of rotatable bonds is 5. The summed E-state index contributed by atoms with van der Waals surface area (Å²) in [5.41, 5.74) is 0.275. The molecular weight excluding hydrogens is 268 g/mol. The highest BCUT2D eigenvalue weighted by atomic mass is 35.5. The van der Waals surface area contributed by atoms with Gasteiger partial charge in [-0.05, 0) is 19.4 Å². The molecule has 1 aromatic rings. The van der Waals surface area contributed by atoms with E-state index in [2.05, 4.69) is 0 Å². The fraction of sp³-hybridized carbons (Fsp3) is 0.286. The molecule has 1 aromatic carbocycles. The maximum atomic E-state index is 11.8. The topological polar surface area (TPSA) is 52.6 Å². The van der Waals surface area contributed by atoms with Crippen molar-refractivity contribution in [3.05, 3.63) is 41.5 Å². The Labute approximate surface area is 117 Å². The van der Waals surface area contributed by atoms with Gasteiger partial charge in [-0.1, -0.05) is 41.9 Å². The first-order chi connectivity index (χ1) is 9.11. The minimum absolute atomic E-state index is 0.0255. The van der Waals surface area contributed by atoms with Gasteiger partial charge in [0.15, 0.2) is 5.57 Å². The number of halogens is 1. The second-order valence-corrected chi connectivity index (χ2v) is 3.87. The van der Waals surface area contributed by atoms with Crippen LogP contribution in [0.5, 0.6) is 0 Å². The molecule has 0 saturated heterocycles. The summed E-state index contributed by atoms with van der Waals surface area (Å²) >= 11 is 6.11. The summed E-state index contributed by atoms with van der Waals surface area (Å²) in [7, 11) is 0. The number of hydrogen-bond acceptors (Lipinski definition) is 4. The quantitative estimate of drug-likeness (QED) is 0.361. The van der Waals surface area contributed by atoms with Gasteiger partial charge in [-0.3, -0.25) is 0 Å². The van der Waals surface area contributed by atoms with Crippen molar-refractivity contribution >= 4 is 28.6 Å². The van der Waals surface area contributed by atoms with Crippen LogP contribution in [0.4, 0.5) is 0 Å². The van der Waals surface area contributed by atoms with Crippen LogP contribution in [-0.2, 0) is 19.1 Å². The Kier molecular flexibility index (Phi) is 6.09. The van der Waals surface area contributed by atoms with Crippen LogP contribution in [0.25, 0.3) is 5.03 Å². The monoisotopic (exact) mass is 282 g/mol. The first-order valence-corrected chi connectivity index (χ1v) is 6.29. The zero-order chi connectivity index (χ0) is 14.3. The average molecular weight is 283 g/mol. The van der Waals surface area contributed by atoms with Gasteiger partial charge in [0, 0.05) is 0 Å². The van der Waals surface area contributed by atoms with Gasteiger partial charge in [-0.15, -0.1) is 0 Å². The molecule has 19 heavy (non-hydrogen) atoms. The van der Waals surface area contributed by atoms with Crippen molar-refractivity contribution < 1.29 is 19.1 Å². The average Bonchev–Trinajstić information content (AvgIpc) is 2.40. The molecule has 0 bridgehead atoms. The van der Waals surface area contributed by atoms with Gasteiger partial charge in [-0.2, -0.15) is 0 Å². The van der Waals surface area contributed by atoms with Crippen molar-refractivity contribution in [2.45, 2.75) is 13.8 Å². The number of benzene rings is 1. The summed E-state index contributed by atoms with van der Waals surface area (Å²) in [6.45, 7) is 3.61. The molecule has 0 aliphatic carbocycles. The third kappa shape index (κ3) is 4.10. The summed E-state index contributed by atoms with van der Waals surface area (Å²) < 4.78 is 9.66. The van der Waals surface area contributed by atoms with E-state index in [1.54, 1.807) is 38.1 Å². The maximum Gasteiger partial charge on any atom is 0.347 e. The summed E-state index contributed by atoms with van der Waals surface area (Å²) in [6.07, 6.45) is 0. The molecule has 0 aromatic heterocycles. The molecule has 0 aliphatic rings. The molecule has 0 aliphatic heterocycles. The predicted octanol–water partition coefficient (Wildman–Crippen LogP) is 2.76. The van der Waals surface area contributed by atoms with Gasteiger partial charge in [0.05, 0.1) is 18.2 Å². The van der Waals surface area contributed by atoms with E-state index in [0.717, 1.165) is 0 Å². The van der Waals surface area contributed by atoms with Crippen LogP contribution in [0.3, 0.4) is 0 Å². The highest BCUT2D eigenvalue weighted by Crippen LogP contribution is 2.24. The number of hydrogen-bond donors (Lipinski definition) is 0. The Morgan fingerprint density at radius 3 is 1.89 bits per heavy atom. The standard InChI is InChI=1S/C14H15ClO4/c1-3-18-13(16)11(14(17)19-4-2)12(15)10-8-6-5-7-9-10/h5-9H,3-4H2,1-2H3. The van der Waals surface area contributed by atoms with Gasteiger partial charge in [-0.25, -0.2) is 9.59 Å². The van der Waals surface area contributed by atoms with Gasteiger partial charge in [0.1, 0.15) is 0 Å². The zero-order valence-corrected chi connectivity index (χ0v) is 11.6. The molecule has 0 radical (unpaired) electrons. The molecule has 0 N–H and O–H groups in total. The van der Waals surface area contributed by atoms with E-state index in [-0.39, 0.29) is 23.8 Å². The summed E-state index contributed by atoms with van der Waals surface area (Å²) in [5, 5.41) is 0.0255. The molecule has 0 fully saturated rings. The zero-order valence-electron chi connectivity index (χ0n) is 10.8. The number of carbonyl (C=O) groups is 2. The fourth-order valence-corrected chi connectivity index (χ4v) is 1.68. The van der Waals surface area contributed by atoms with Crippen molar-refractivity contribution in [3.63, 3.8) is 0 Å². The van der Waals surface area contributed by atoms with Gasteiger partial charge < -0.3 is 9.47 Å². The molecule has 5 heteroatoms. The fourth-order valence-electron chi connectivity index (χ4n) is 1.40. The van der Waals surface area contributed by atoms with E-state index < -0.39 is 11.9 Å². The van der Waals surface area contributed by atoms with Crippen molar-refractivity contribution in [3.8, 4) is 0 Å². The van der Waals surface area contributed by atoms with Crippen LogP contribution in [-0.4, -0.2) is 25.2 Å². The molecule has 0 atom stereocenters.